The van der Waals surface area contributed by atoms with Crippen molar-refractivity contribution in [3.63, 3.8) is 0 Å². The maximum atomic E-state index is 13.0. The molecule has 6 nitrogen and oxygen atoms in total. The molecule has 0 N–H and O–H groups in total. The zero-order chi connectivity index (χ0) is 17.2. The number of aromatic nitrogens is 4. The number of oxazole rings is 1. The van der Waals surface area contributed by atoms with Crippen LogP contribution in [0.5, 0.6) is 5.75 Å². The lowest BCUT2D eigenvalue weighted by Gasteiger charge is -2.10. The molecular weight excluding hydrogens is 325 g/mol. The normalized spacial score (nSPS) is 12.0. The Morgan fingerprint density at radius 2 is 2.04 bits per heavy atom. The van der Waals surface area contributed by atoms with Crippen molar-refractivity contribution in [1.29, 1.82) is 0 Å². The van der Waals surface area contributed by atoms with Crippen LogP contribution in [-0.2, 0) is 6.18 Å². The van der Waals surface area contributed by atoms with Gasteiger partial charge >= 0.3 is 6.18 Å². The number of benzene rings is 1. The number of methoxy groups -OCH3 is 1. The van der Waals surface area contributed by atoms with Gasteiger partial charge < -0.3 is 9.15 Å². The Bertz CT molecular complexity index is 854. The van der Waals surface area contributed by atoms with Crippen LogP contribution in [0, 0.1) is 0 Å². The van der Waals surface area contributed by atoms with Gasteiger partial charge in [-0.15, -0.1) is 5.10 Å². The fourth-order valence-corrected chi connectivity index (χ4v) is 1.95. The molecule has 24 heavy (non-hydrogen) atoms. The summed E-state index contributed by atoms with van der Waals surface area (Å²) in [5, 5.41) is 4.10. The molecule has 0 saturated heterocycles. The highest BCUT2D eigenvalue weighted by molar-refractivity contribution is 5.60. The Balaban J connectivity index is 1.92. The lowest BCUT2D eigenvalue weighted by molar-refractivity contribution is -0.137. The minimum atomic E-state index is -4.49. The molecule has 0 bridgehead atoms. The van der Waals surface area contributed by atoms with E-state index in [9.17, 15) is 13.2 Å². The first-order valence-electron chi connectivity index (χ1n) is 6.71. The van der Waals surface area contributed by atoms with Crippen LogP contribution in [0.3, 0.4) is 0 Å². The van der Waals surface area contributed by atoms with Crippen molar-refractivity contribution in [3.05, 3.63) is 48.4 Å². The number of alkyl halides is 3. The first-order chi connectivity index (χ1) is 11.5. The van der Waals surface area contributed by atoms with Crippen molar-refractivity contribution in [2.75, 3.05) is 7.11 Å². The Morgan fingerprint density at radius 3 is 2.71 bits per heavy atom. The quantitative estimate of drug-likeness (QED) is 0.728. The van der Waals surface area contributed by atoms with E-state index in [2.05, 4.69) is 15.1 Å². The zero-order valence-corrected chi connectivity index (χ0v) is 12.4. The van der Waals surface area contributed by atoms with Gasteiger partial charge in [0.25, 0.3) is 0 Å². The second-order valence-corrected chi connectivity index (χ2v) is 4.68. The molecule has 124 valence electrons. The van der Waals surface area contributed by atoms with Crippen molar-refractivity contribution in [2.24, 2.45) is 0 Å². The Hall–Kier alpha value is -3.10. The molecule has 0 atom stereocenters. The topological polar surface area (TPSA) is 66.0 Å². The van der Waals surface area contributed by atoms with Crippen LogP contribution in [0.2, 0.25) is 0 Å². The molecule has 0 unspecified atom stereocenters. The van der Waals surface area contributed by atoms with Crippen LogP contribution in [0.4, 0.5) is 13.2 Å². The summed E-state index contributed by atoms with van der Waals surface area (Å²) in [6, 6.07) is 3.33. The summed E-state index contributed by atoms with van der Waals surface area (Å²) in [5.74, 6) is 0.579. The van der Waals surface area contributed by atoms with E-state index < -0.39 is 11.7 Å². The molecule has 0 spiro atoms. The SMILES string of the molecule is COc1cc(-c2ncn(C=Cc3ncco3)n2)cc(C(F)(F)F)c1. The number of rotatable bonds is 4. The number of ether oxygens (including phenoxy) is 1. The first kappa shape index (κ1) is 15.8. The van der Waals surface area contributed by atoms with E-state index in [0.717, 1.165) is 12.1 Å². The molecule has 0 aliphatic heterocycles. The minimum absolute atomic E-state index is 0.0755. The number of halogens is 3. The van der Waals surface area contributed by atoms with Gasteiger partial charge in [-0.3, -0.25) is 0 Å². The molecule has 9 heteroatoms. The fraction of sp³-hybridized carbons (Fsp3) is 0.133. The molecule has 2 aromatic heterocycles. The van der Waals surface area contributed by atoms with Gasteiger partial charge in [0.2, 0.25) is 5.89 Å². The van der Waals surface area contributed by atoms with Gasteiger partial charge in [0.1, 0.15) is 18.3 Å². The van der Waals surface area contributed by atoms with Gasteiger partial charge in [0.15, 0.2) is 5.82 Å². The highest BCUT2D eigenvalue weighted by Crippen LogP contribution is 2.34. The molecule has 0 radical (unpaired) electrons. The lowest BCUT2D eigenvalue weighted by atomic mass is 10.1. The minimum Gasteiger partial charge on any atom is -0.497 e. The third-order valence-corrected chi connectivity index (χ3v) is 3.06. The molecular formula is C15H11F3N4O2. The van der Waals surface area contributed by atoms with E-state index >= 15 is 0 Å². The van der Waals surface area contributed by atoms with E-state index in [1.54, 1.807) is 6.08 Å². The van der Waals surface area contributed by atoms with Crippen LogP contribution in [0.1, 0.15) is 11.5 Å². The third-order valence-electron chi connectivity index (χ3n) is 3.06. The summed E-state index contributed by atoms with van der Waals surface area (Å²) in [7, 11) is 1.30. The fourth-order valence-electron chi connectivity index (χ4n) is 1.95. The molecule has 0 amide bonds. The summed E-state index contributed by atoms with van der Waals surface area (Å²) in [4.78, 5) is 7.91. The van der Waals surface area contributed by atoms with Crippen molar-refractivity contribution in [1.82, 2.24) is 19.7 Å². The van der Waals surface area contributed by atoms with E-state index in [4.69, 9.17) is 9.15 Å². The van der Waals surface area contributed by atoms with E-state index in [1.165, 1.54) is 42.8 Å². The largest absolute Gasteiger partial charge is 0.497 e. The average Bonchev–Trinajstić information content (AvgIpc) is 3.23. The van der Waals surface area contributed by atoms with Crippen LogP contribution < -0.4 is 4.74 Å². The monoisotopic (exact) mass is 336 g/mol. The number of nitrogens with zero attached hydrogens (tertiary/aromatic N) is 4. The molecule has 1 aromatic carbocycles. The molecule has 3 rings (SSSR count). The number of hydrogen-bond donors (Lipinski definition) is 0. The predicted octanol–water partition coefficient (Wildman–Crippen LogP) is 3.59. The summed E-state index contributed by atoms with van der Waals surface area (Å²) in [6.07, 6.45) is 2.85. The number of hydrogen-bond acceptors (Lipinski definition) is 5. The van der Waals surface area contributed by atoms with Gasteiger partial charge in [0.05, 0.1) is 18.9 Å². The molecule has 0 saturated carbocycles. The van der Waals surface area contributed by atoms with Crippen LogP contribution in [-0.4, -0.2) is 26.9 Å². The highest BCUT2D eigenvalue weighted by Gasteiger charge is 2.31. The smallest absolute Gasteiger partial charge is 0.416 e. The highest BCUT2D eigenvalue weighted by atomic mass is 19.4. The van der Waals surface area contributed by atoms with Crippen LogP contribution in [0.15, 0.2) is 41.4 Å². The van der Waals surface area contributed by atoms with Gasteiger partial charge in [-0.2, -0.15) is 13.2 Å². The average molecular weight is 336 g/mol. The zero-order valence-electron chi connectivity index (χ0n) is 12.4. The van der Waals surface area contributed by atoms with Gasteiger partial charge in [-0.25, -0.2) is 14.6 Å². The third kappa shape index (κ3) is 3.45. The van der Waals surface area contributed by atoms with E-state index in [0.29, 0.717) is 5.89 Å². The Kier molecular flexibility index (Phi) is 4.07. The maximum absolute atomic E-state index is 13.0. The molecule has 0 aliphatic rings. The van der Waals surface area contributed by atoms with Crippen molar-refractivity contribution in [3.8, 4) is 17.1 Å². The molecule has 0 aliphatic carbocycles. The lowest BCUT2D eigenvalue weighted by Crippen LogP contribution is -2.05. The summed E-state index contributed by atoms with van der Waals surface area (Å²) < 4.78 is 50.1. The maximum Gasteiger partial charge on any atom is 0.416 e. The van der Waals surface area contributed by atoms with Crippen molar-refractivity contribution in [2.45, 2.75) is 6.18 Å². The second-order valence-electron chi connectivity index (χ2n) is 4.68. The van der Waals surface area contributed by atoms with Crippen LogP contribution in [0.25, 0.3) is 23.7 Å². The Morgan fingerprint density at radius 1 is 1.21 bits per heavy atom. The summed E-state index contributed by atoms with van der Waals surface area (Å²) >= 11 is 0. The van der Waals surface area contributed by atoms with Gasteiger partial charge in [-0.1, -0.05) is 0 Å². The van der Waals surface area contributed by atoms with Crippen LogP contribution >= 0.6 is 0 Å². The summed E-state index contributed by atoms with van der Waals surface area (Å²) in [6.45, 7) is 0. The predicted molar refractivity (Wildman–Crippen MR) is 78.7 cm³/mol. The van der Waals surface area contributed by atoms with E-state index in [-0.39, 0.29) is 17.1 Å². The second kappa shape index (κ2) is 6.19. The van der Waals surface area contributed by atoms with E-state index in [1.807, 2.05) is 0 Å². The molecule has 3 aromatic rings. The van der Waals surface area contributed by atoms with Gasteiger partial charge in [-0.05, 0) is 18.2 Å². The standard InChI is InChI=1S/C15H11F3N4O2/c1-23-12-7-10(6-11(8-12)15(16,17)18)14-20-9-22(21-14)4-2-13-19-3-5-24-13/h2-9H,1H3. The van der Waals surface area contributed by atoms with Crippen molar-refractivity contribution >= 4 is 12.3 Å². The Labute approximate surface area is 134 Å². The van der Waals surface area contributed by atoms with Gasteiger partial charge in [0, 0.05) is 17.8 Å². The first-order valence-corrected chi connectivity index (χ1v) is 6.71. The summed E-state index contributed by atoms with van der Waals surface area (Å²) in [5.41, 5.74) is -0.631. The molecule has 0 fully saturated rings. The van der Waals surface area contributed by atoms with Crippen molar-refractivity contribution < 1.29 is 22.3 Å². The molecule has 2 heterocycles.